The lowest BCUT2D eigenvalue weighted by Crippen LogP contribution is -2.46. The number of hydrogen-bond donors (Lipinski definition) is 0. The molecule has 2 heterocycles. The fourth-order valence-electron chi connectivity index (χ4n) is 3.40. The molecule has 0 radical (unpaired) electrons. The Morgan fingerprint density at radius 3 is 2.61 bits per heavy atom. The predicted octanol–water partition coefficient (Wildman–Crippen LogP) is 1.55. The molecule has 0 bridgehead atoms. The van der Waals surface area contributed by atoms with E-state index >= 15 is 0 Å². The van der Waals surface area contributed by atoms with Gasteiger partial charge >= 0.3 is 0 Å². The van der Waals surface area contributed by atoms with Crippen molar-refractivity contribution in [3.8, 4) is 0 Å². The first kappa shape index (κ1) is 16.9. The number of nitrogens with zero attached hydrogens (tertiary/aromatic N) is 4. The maximum absolute atomic E-state index is 12.9. The van der Waals surface area contributed by atoms with E-state index in [4.69, 9.17) is 0 Å². The normalized spacial score (nSPS) is 25.0. The van der Waals surface area contributed by atoms with Crippen molar-refractivity contribution in [3.05, 3.63) is 12.5 Å². The van der Waals surface area contributed by atoms with Gasteiger partial charge in [-0.05, 0) is 37.6 Å². The molecule has 1 aromatic rings. The first-order valence-electron chi connectivity index (χ1n) is 8.60. The van der Waals surface area contributed by atoms with Crippen molar-refractivity contribution >= 4 is 10.0 Å². The van der Waals surface area contributed by atoms with E-state index in [1.54, 1.807) is 28.4 Å². The largest absolute Gasteiger partial charge is 0.339 e. The summed E-state index contributed by atoms with van der Waals surface area (Å²) in [5.74, 6) is 1.27. The van der Waals surface area contributed by atoms with Gasteiger partial charge in [0.2, 0.25) is 0 Å². The van der Waals surface area contributed by atoms with Crippen LogP contribution in [0, 0.1) is 11.8 Å². The SMILES string of the molecule is CC(C)[C@@H]1CN(S(=O)(=O)c2cn(C)cn2)CCCN1CC1CC1. The number of aromatic nitrogens is 2. The minimum atomic E-state index is -3.49. The van der Waals surface area contributed by atoms with E-state index in [0.29, 0.717) is 19.0 Å². The van der Waals surface area contributed by atoms with E-state index in [1.807, 2.05) is 0 Å². The van der Waals surface area contributed by atoms with Crippen LogP contribution in [0.5, 0.6) is 0 Å². The summed E-state index contributed by atoms with van der Waals surface area (Å²) in [4.78, 5) is 6.58. The molecule has 0 aromatic carbocycles. The summed E-state index contributed by atoms with van der Waals surface area (Å²) in [6, 6.07) is 0.289. The maximum Gasteiger partial charge on any atom is 0.262 e. The van der Waals surface area contributed by atoms with Gasteiger partial charge in [-0.25, -0.2) is 13.4 Å². The van der Waals surface area contributed by atoms with Crippen LogP contribution >= 0.6 is 0 Å². The van der Waals surface area contributed by atoms with E-state index < -0.39 is 10.0 Å². The maximum atomic E-state index is 12.9. The molecule has 0 amide bonds. The zero-order valence-electron chi connectivity index (χ0n) is 14.4. The molecule has 0 N–H and O–H groups in total. The summed E-state index contributed by atoms with van der Waals surface area (Å²) in [5.41, 5.74) is 0. The average molecular weight is 340 g/mol. The first-order valence-corrected chi connectivity index (χ1v) is 10.0. The highest BCUT2D eigenvalue weighted by Gasteiger charge is 2.36. The molecule has 6 nitrogen and oxygen atoms in total. The minimum absolute atomic E-state index is 0.165. The zero-order chi connectivity index (χ0) is 16.6. The topological polar surface area (TPSA) is 58.4 Å². The highest BCUT2D eigenvalue weighted by molar-refractivity contribution is 7.89. The molecule has 0 spiro atoms. The van der Waals surface area contributed by atoms with E-state index in [1.165, 1.54) is 12.8 Å². The number of sulfonamides is 1. The predicted molar refractivity (Wildman–Crippen MR) is 89.5 cm³/mol. The van der Waals surface area contributed by atoms with Crippen molar-refractivity contribution < 1.29 is 8.42 Å². The van der Waals surface area contributed by atoms with Crippen LogP contribution in [-0.4, -0.2) is 59.4 Å². The van der Waals surface area contributed by atoms with Gasteiger partial charge in [-0.15, -0.1) is 0 Å². The highest BCUT2D eigenvalue weighted by atomic mass is 32.2. The number of hydrogen-bond acceptors (Lipinski definition) is 4. The van der Waals surface area contributed by atoms with E-state index in [-0.39, 0.29) is 11.1 Å². The van der Waals surface area contributed by atoms with Crippen LogP contribution in [0.1, 0.15) is 33.1 Å². The lowest BCUT2D eigenvalue weighted by atomic mass is 10.0. The van der Waals surface area contributed by atoms with Gasteiger partial charge in [0, 0.05) is 38.9 Å². The Bertz CT molecular complexity index is 636. The summed E-state index contributed by atoms with van der Waals surface area (Å²) in [6.07, 6.45) is 6.69. The molecule has 1 aliphatic carbocycles. The van der Waals surface area contributed by atoms with Crippen LogP contribution < -0.4 is 0 Å². The van der Waals surface area contributed by atoms with Crippen molar-refractivity contribution in [3.63, 3.8) is 0 Å². The summed E-state index contributed by atoms with van der Waals surface area (Å²) in [7, 11) is -1.70. The molecule has 130 valence electrons. The zero-order valence-corrected chi connectivity index (χ0v) is 15.2. The highest BCUT2D eigenvalue weighted by Crippen LogP contribution is 2.32. The Hall–Kier alpha value is -0.920. The van der Waals surface area contributed by atoms with Gasteiger partial charge in [0.1, 0.15) is 0 Å². The fourth-order valence-corrected chi connectivity index (χ4v) is 4.86. The van der Waals surface area contributed by atoms with Crippen LogP contribution in [0.2, 0.25) is 0 Å². The van der Waals surface area contributed by atoms with Gasteiger partial charge in [0.25, 0.3) is 10.0 Å². The van der Waals surface area contributed by atoms with Crippen LogP contribution in [0.4, 0.5) is 0 Å². The molecule has 1 atom stereocenters. The molecule has 1 saturated heterocycles. The molecular formula is C16H28N4O2S. The fraction of sp³-hybridized carbons (Fsp3) is 0.812. The average Bonchev–Trinajstić information content (AvgIpc) is 3.23. The van der Waals surface area contributed by atoms with Gasteiger partial charge < -0.3 is 4.57 Å². The molecule has 3 rings (SSSR count). The molecular weight excluding hydrogens is 312 g/mol. The van der Waals surface area contributed by atoms with Crippen LogP contribution in [0.25, 0.3) is 0 Å². The van der Waals surface area contributed by atoms with Gasteiger partial charge in [-0.1, -0.05) is 13.8 Å². The lowest BCUT2D eigenvalue weighted by molar-refractivity contribution is 0.150. The van der Waals surface area contributed by atoms with Gasteiger partial charge in [-0.3, -0.25) is 4.90 Å². The van der Waals surface area contributed by atoms with E-state index in [0.717, 1.165) is 25.4 Å². The van der Waals surface area contributed by atoms with Crippen molar-refractivity contribution in [1.82, 2.24) is 18.8 Å². The second kappa shape index (κ2) is 6.53. The standard InChI is InChI=1S/C16H28N4O2S/c1-13(2)15-10-20(8-4-7-19(15)9-14-5-6-14)23(21,22)16-11-18(3)12-17-16/h11-15H,4-10H2,1-3H3/t15-/m0/s1. The van der Waals surface area contributed by atoms with Crippen LogP contribution in [0.3, 0.4) is 0 Å². The Morgan fingerprint density at radius 2 is 2.04 bits per heavy atom. The first-order chi connectivity index (χ1) is 10.9. The molecule has 7 heteroatoms. The second-order valence-electron chi connectivity index (χ2n) is 7.34. The molecule has 0 unspecified atom stereocenters. The quantitative estimate of drug-likeness (QED) is 0.816. The van der Waals surface area contributed by atoms with Crippen LogP contribution in [-0.2, 0) is 17.1 Å². The van der Waals surface area contributed by atoms with Crippen molar-refractivity contribution in [1.29, 1.82) is 0 Å². The molecule has 1 aliphatic heterocycles. The van der Waals surface area contributed by atoms with Gasteiger partial charge in [0.05, 0.1) is 6.33 Å². The van der Waals surface area contributed by atoms with Gasteiger partial charge in [0.15, 0.2) is 5.03 Å². The van der Waals surface area contributed by atoms with Gasteiger partial charge in [-0.2, -0.15) is 4.31 Å². The minimum Gasteiger partial charge on any atom is -0.339 e. The van der Waals surface area contributed by atoms with Crippen molar-refractivity contribution in [2.24, 2.45) is 18.9 Å². The van der Waals surface area contributed by atoms with Crippen LogP contribution in [0.15, 0.2) is 17.6 Å². The third-order valence-corrected chi connectivity index (χ3v) is 6.71. The van der Waals surface area contributed by atoms with Crippen molar-refractivity contribution in [2.75, 3.05) is 26.2 Å². The third kappa shape index (κ3) is 3.78. The Labute approximate surface area is 139 Å². The van der Waals surface area contributed by atoms with E-state index in [2.05, 4.69) is 23.7 Å². The Kier molecular flexibility index (Phi) is 4.80. The monoisotopic (exact) mass is 340 g/mol. The second-order valence-corrected chi connectivity index (χ2v) is 9.23. The van der Waals surface area contributed by atoms with Crippen molar-refractivity contribution in [2.45, 2.75) is 44.2 Å². The molecule has 23 heavy (non-hydrogen) atoms. The summed E-state index contributed by atoms with van der Waals surface area (Å²) >= 11 is 0. The third-order valence-electron chi connectivity index (χ3n) is 4.96. The molecule has 2 aliphatic rings. The molecule has 2 fully saturated rings. The Morgan fingerprint density at radius 1 is 1.30 bits per heavy atom. The smallest absolute Gasteiger partial charge is 0.262 e. The number of rotatable bonds is 5. The summed E-state index contributed by atoms with van der Waals surface area (Å²) in [5, 5.41) is 0.165. The summed E-state index contributed by atoms with van der Waals surface area (Å²) < 4.78 is 29.1. The molecule has 1 saturated carbocycles. The number of imidazole rings is 1. The van der Waals surface area contributed by atoms with E-state index in [9.17, 15) is 8.42 Å². The number of aryl methyl sites for hydroxylation is 1. The lowest BCUT2D eigenvalue weighted by Gasteiger charge is -2.34. The summed E-state index contributed by atoms with van der Waals surface area (Å²) in [6.45, 7) is 7.67. The molecule has 1 aromatic heterocycles. The Balaban J connectivity index is 1.80.